The van der Waals surface area contributed by atoms with Gasteiger partial charge in [-0.1, -0.05) is 11.6 Å². The molecule has 0 atom stereocenters. The minimum Gasteiger partial charge on any atom is -0.465 e. The molecule has 3 nitrogen and oxygen atoms in total. The molecule has 0 aromatic heterocycles. The first-order valence-electron chi connectivity index (χ1n) is 3.50. The molecule has 2 N–H and O–H groups in total. The molecule has 0 unspecified atom stereocenters. The maximum Gasteiger partial charge on any atom is 0.341 e. The zero-order valence-electron chi connectivity index (χ0n) is 7.11. The summed E-state index contributed by atoms with van der Waals surface area (Å²) in [5, 5.41) is -0.284. The highest BCUT2D eigenvalue weighted by atomic mass is 35.5. The summed E-state index contributed by atoms with van der Waals surface area (Å²) in [6, 6.07) is 0.666. The van der Waals surface area contributed by atoms with Crippen molar-refractivity contribution in [3.8, 4) is 0 Å². The molecule has 1 aromatic rings. The van der Waals surface area contributed by atoms with E-state index >= 15 is 0 Å². The Morgan fingerprint density at radius 1 is 1.57 bits per heavy atom. The van der Waals surface area contributed by atoms with Crippen molar-refractivity contribution < 1.29 is 18.3 Å². The molecule has 1 rings (SSSR count). The molecule has 0 bridgehead atoms. The minimum atomic E-state index is -1.31. The highest BCUT2D eigenvalue weighted by Gasteiger charge is 2.21. The molecule has 76 valence electrons. The van der Waals surface area contributed by atoms with E-state index in [9.17, 15) is 13.6 Å². The lowest BCUT2D eigenvalue weighted by Crippen LogP contribution is -2.09. The van der Waals surface area contributed by atoms with Gasteiger partial charge in [0.1, 0.15) is 5.56 Å². The topological polar surface area (TPSA) is 52.3 Å². The van der Waals surface area contributed by atoms with E-state index in [0.29, 0.717) is 6.07 Å². The molecule has 14 heavy (non-hydrogen) atoms. The Labute approximate surface area is 83.4 Å². The van der Waals surface area contributed by atoms with Crippen LogP contribution in [0.4, 0.5) is 14.5 Å². The molecule has 0 saturated carbocycles. The Hall–Kier alpha value is -1.36. The lowest BCUT2D eigenvalue weighted by Gasteiger charge is -2.07. The summed E-state index contributed by atoms with van der Waals surface area (Å²) in [4.78, 5) is 11.0. The molecule has 0 aliphatic rings. The van der Waals surface area contributed by atoms with Gasteiger partial charge in [0.2, 0.25) is 0 Å². The maximum atomic E-state index is 12.9. The lowest BCUT2D eigenvalue weighted by atomic mass is 10.1. The fraction of sp³-hybridized carbons (Fsp3) is 0.125. The van der Waals surface area contributed by atoms with Crippen LogP contribution >= 0.6 is 11.6 Å². The van der Waals surface area contributed by atoms with Gasteiger partial charge in [-0.15, -0.1) is 0 Å². The van der Waals surface area contributed by atoms with Crippen molar-refractivity contribution in [3.63, 3.8) is 0 Å². The van der Waals surface area contributed by atoms with Crippen molar-refractivity contribution in [2.24, 2.45) is 0 Å². The van der Waals surface area contributed by atoms with E-state index in [0.717, 1.165) is 7.11 Å². The molecule has 0 aliphatic heterocycles. The van der Waals surface area contributed by atoms with Gasteiger partial charge in [0.15, 0.2) is 11.6 Å². The van der Waals surface area contributed by atoms with E-state index in [1.807, 2.05) is 0 Å². The third-order valence-electron chi connectivity index (χ3n) is 1.60. The molecule has 0 fully saturated rings. The Balaban J connectivity index is 3.44. The van der Waals surface area contributed by atoms with Gasteiger partial charge in [0, 0.05) is 0 Å². The summed E-state index contributed by atoms with van der Waals surface area (Å²) in [6.07, 6.45) is 0. The number of esters is 1. The van der Waals surface area contributed by atoms with Crippen LogP contribution in [0.2, 0.25) is 5.02 Å². The number of hydrogen-bond donors (Lipinski definition) is 1. The third kappa shape index (κ3) is 1.63. The van der Waals surface area contributed by atoms with Gasteiger partial charge in [0.05, 0.1) is 17.8 Å². The van der Waals surface area contributed by atoms with Crippen molar-refractivity contribution in [1.29, 1.82) is 0 Å². The first-order chi connectivity index (χ1) is 6.49. The summed E-state index contributed by atoms with van der Waals surface area (Å²) >= 11 is 5.49. The predicted octanol–water partition coefficient (Wildman–Crippen LogP) is 1.99. The summed E-state index contributed by atoms with van der Waals surface area (Å²) in [5.74, 6) is -3.43. The van der Waals surface area contributed by atoms with Crippen molar-refractivity contribution >= 4 is 23.3 Å². The molecule has 0 heterocycles. The SMILES string of the molecule is COC(=O)c1c(Cl)cc(F)c(F)c1N. The highest BCUT2D eigenvalue weighted by molar-refractivity contribution is 6.34. The van der Waals surface area contributed by atoms with Crippen LogP contribution in [-0.2, 0) is 4.74 Å². The van der Waals surface area contributed by atoms with Gasteiger partial charge in [-0.3, -0.25) is 0 Å². The monoisotopic (exact) mass is 221 g/mol. The van der Waals surface area contributed by atoms with E-state index < -0.39 is 23.3 Å². The van der Waals surface area contributed by atoms with Gasteiger partial charge in [-0.2, -0.15) is 0 Å². The van der Waals surface area contributed by atoms with E-state index in [1.165, 1.54) is 0 Å². The maximum absolute atomic E-state index is 12.9. The van der Waals surface area contributed by atoms with Gasteiger partial charge >= 0.3 is 5.97 Å². The lowest BCUT2D eigenvalue weighted by molar-refractivity contribution is 0.0601. The molecule has 0 radical (unpaired) electrons. The van der Waals surface area contributed by atoms with Crippen molar-refractivity contribution in [2.75, 3.05) is 12.8 Å². The number of nitrogen functional groups attached to an aromatic ring is 1. The number of carbonyl (C=O) groups is 1. The van der Waals surface area contributed by atoms with E-state index in [1.54, 1.807) is 0 Å². The average molecular weight is 222 g/mol. The Morgan fingerprint density at radius 3 is 2.64 bits per heavy atom. The van der Waals surface area contributed by atoms with Crippen LogP contribution in [0.15, 0.2) is 6.07 Å². The first-order valence-corrected chi connectivity index (χ1v) is 3.88. The highest BCUT2D eigenvalue weighted by Crippen LogP contribution is 2.27. The zero-order valence-corrected chi connectivity index (χ0v) is 7.86. The number of nitrogens with two attached hydrogens (primary N) is 1. The number of hydrogen-bond acceptors (Lipinski definition) is 3. The molecule has 0 saturated heterocycles. The van der Waals surface area contributed by atoms with E-state index in [-0.39, 0.29) is 10.6 Å². The standard InChI is InChI=1S/C8H6ClF2NO2/c1-14-8(13)5-3(9)2-4(10)6(11)7(5)12/h2H,12H2,1H3. The van der Waals surface area contributed by atoms with Crippen molar-refractivity contribution in [2.45, 2.75) is 0 Å². The zero-order chi connectivity index (χ0) is 10.9. The van der Waals surface area contributed by atoms with Crippen LogP contribution < -0.4 is 5.73 Å². The second-order valence-corrected chi connectivity index (χ2v) is 2.84. The summed E-state index contributed by atoms with van der Waals surface area (Å²) in [7, 11) is 1.08. The first kappa shape index (κ1) is 10.7. The third-order valence-corrected chi connectivity index (χ3v) is 1.90. The van der Waals surface area contributed by atoms with Crippen LogP contribution in [0.1, 0.15) is 10.4 Å². The number of methoxy groups -OCH3 is 1. The number of rotatable bonds is 1. The molecule has 6 heteroatoms. The number of halogens is 3. The number of benzene rings is 1. The fourth-order valence-corrected chi connectivity index (χ4v) is 1.20. The predicted molar refractivity (Wildman–Crippen MR) is 47.1 cm³/mol. The molecule has 0 amide bonds. The van der Waals surface area contributed by atoms with Crippen LogP contribution in [0.3, 0.4) is 0 Å². The van der Waals surface area contributed by atoms with Crippen LogP contribution in [0.5, 0.6) is 0 Å². The minimum absolute atomic E-state index is 0.284. The van der Waals surface area contributed by atoms with Crippen molar-refractivity contribution in [3.05, 3.63) is 28.3 Å². The van der Waals surface area contributed by atoms with E-state index in [2.05, 4.69) is 4.74 Å². The Bertz CT molecular complexity index is 395. The Kier molecular flexibility index (Phi) is 2.90. The van der Waals surface area contributed by atoms with Gasteiger partial charge in [0.25, 0.3) is 0 Å². The summed E-state index contributed by atoms with van der Waals surface area (Å²) in [6.45, 7) is 0. The normalized spacial score (nSPS) is 10.0. The fourth-order valence-electron chi connectivity index (χ4n) is 0.923. The molecular weight excluding hydrogens is 216 g/mol. The second kappa shape index (κ2) is 3.79. The quantitative estimate of drug-likeness (QED) is 0.448. The average Bonchev–Trinajstić information content (AvgIpc) is 2.14. The largest absolute Gasteiger partial charge is 0.465 e. The Morgan fingerprint density at radius 2 is 2.14 bits per heavy atom. The molecule has 0 aliphatic carbocycles. The van der Waals surface area contributed by atoms with Crippen molar-refractivity contribution in [1.82, 2.24) is 0 Å². The summed E-state index contributed by atoms with van der Waals surface area (Å²) in [5.41, 5.74) is 4.14. The number of ether oxygens (including phenoxy) is 1. The molecule has 0 spiro atoms. The number of carbonyl (C=O) groups excluding carboxylic acids is 1. The number of anilines is 1. The van der Waals surface area contributed by atoms with Gasteiger partial charge in [-0.05, 0) is 6.07 Å². The van der Waals surface area contributed by atoms with Gasteiger partial charge < -0.3 is 10.5 Å². The second-order valence-electron chi connectivity index (χ2n) is 2.43. The molecule has 1 aromatic carbocycles. The van der Waals surface area contributed by atoms with Crippen LogP contribution in [-0.4, -0.2) is 13.1 Å². The van der Waals surface area contributed by atoms with Crippen LogP contribution in [0, 0.1) is 11.6 Å². The summed E-state index contributed by atoms with van der Waals surface area (Å²) < 4.78 is 29.9. The molecular formula is C8H6ClF2NO2. The van der Waals surface area contributed by atoms with Gasteiger partial charge in [-0.25, -0.2) is 13.6 Å². The smallest absolute Gasteiger partial charge is 0.341 e. The van der Waals surface area contributed by atoms with Crippen LogP contribution in [0.25, 0.3) is 0 Å². The van der Waals surface area contributed by atoms with E-state index in [4.69, 9.17) is 17.3 Å².